The van der Waals surface area contributed by atoms with E-state index in [9.17, 15) is 13.2 Å². The number of nitrogens with two attached hydrogens (primary N) is 1. The highest BCUT2D eigenvalue weighted by molar-refractivity contribution is 7.89. The Morgan fingerprint density at radius 2 is 1.88 bits per heavy atom. The molecule has 0 aliphatic heterocycles. The molecule has 94 valence electrons. The van der Waals surface area contributed by atoms with E-state index in [2.05, 4.69) is 10.0 Å². The lowest BCUT2D eigenvalue weighted by molar-refractivity contribution is -0.116. The van der Waals surface area contributed by atoms with Crippen LogP contribution >= 0.6 is 0 Å². The highest BCUT2D eigenvalue weighted by Crippen LogP contribution is 2.13. The number of sulfonamides is 1. The number of carbonyl (C=O) groups excluding carboxylic acids is 1. The molecule has 1 aromatic rings. The van der Waals surface area contributed by atoms with E-state index in [-0.39, 0.29) is 4.90 Å². The van der Waals surface area contributed by atoms with Crippen LogP contribution in [0.2, 0.25) is 0 Å². The van der Waals surface area contributed by atoms with E-state index in [0.717, 1.165) is 12.2 Å². The Labute approximate surface area is 100 Å². The maximum absolute atomic E-state index is 11.7. The molecule has 0 saturated carbocycles. The average Bonchev–Trinajstić information content (AvgIpc) is 2.28. The first-order valence-corrected chi connectivity index (χ1v) is 6.56. The van der Waals surface area contributed by atoms with Crippen LogP contribution in [0.3, 0.4) is 0 Å². The minimum Gasteiger partial charge on any atom is -0.385 e. The van der Waals surface area contributed by atoms with Crippen LogP contribution in [-0.2, 0) is 14.8 Å². The number of nitrogens with one attached hydrogen (secondary N) is 2. The van der Waals surface area contributed by atoms with Crippen molar-refractivity contribution in [3.8, 4) is 0 Å². The van der Waals surface area contributed by atoms with Crippen molar-refractivity contribution in [1.29, 1.82) is 0 Å². The summed E-state index contributed by atoms with van der Waals surface area (Å²) >= 11 is 0. The van der Waals surface area contributed by atoms with Crippen LogP contribution in [0, 0.1) is 0 Å². The van der Waals surface area contributed by atoms with Gasteiger partial charge in [-0.15, -0.1) is 0 Å². The van der Waals surface area contributed by atoms with E-state index in [1.54, 1.807) is 12.1 Å². The third-order valence-electron chi connectivity index (χ3n) is 1.98. The predicted octanol–water partition coefficient (Wildman–Crippen LogP) is -0.118. The summed E-state index contributed by atoms with van der Waals surface area (Å²) in [4.78, 5) is 10.6. The minimum atomic E-state index is -3.67. The van der Waals surface area contributed by atoms with E-state index in [0.29, 0.717) is 0 Å². The van der Waals surface area contributed by atoms with Gasteiger partial charge in [-0.25, -0.2) is 13.1 Å². The summed E-state index contributed by atoms with van der Waals surface area (Å²) in [6.45, 7) is 2.29. The Bertz CT molecular complexity index is 482. The molecule has 6 nitrogen and oxygen atoms in total. The zero-order valence-electron chi connectivity index (χ0n) is 9.43. The number of hydrogen-bond donors (Lipinski definition) is 3. The number of amides is 1. The third-order valence-corrected chi connectivity index (χ3v) is 3.40. The first-order chi connectivity index (χ1) is 7.95. The van der Waals surface area contributed by atoms with E-state index in [1.165, 1.54) is 12.1 Å². The van der Waals surface area contributed by atoms with Crippen LogP contribution in [-0.4, -0.2) is 27.4 Å². The quantitative estimate of drug-likeness (QED) is 0.661. The van der Waals surface area contributed by atoms with Gasteiger partial charge in [-0.3, -0.25) is 4.79 Å². The third kappa shape index (κ3) is 4.04. The molecule has 0 heterocycles. The lowest BCUT2D eigenvalue weighted by Gasteiger charge is -2.06. The fraction of sp³-hybridized carbons (Fsp3) is 0.300. The monoisotopic (exact) mass is 257 g/mol. The molecular formula is C10H15N3O3S. The van der Waals surface area contributed by atoms with Crippen molar-refractivity contribution in [2.24, 2.45) is 5.73 Å². The van der Waals surface area contributed by atoms with Gasteiger partial charge in [-0.05, 0) is 31.2 Å². The van der Waals surface area contributed by atoms with Gasteiger partial charge in [0.05, 0.1) is 11.4 Å². The Balaban J connectivity index is 2.81. The summed E-state index contributed by atoms with van der Waals surface area (Å²) in [5.41, 5.74) is 5.70. The Morgan fingerprint density at radius 3 is 2.35 bits per heavy atom. The molecule has 0 aliphatic rings. The molecule has 0 spiro atoms. The molecule has 0 saturated heterocycles. The van der Waals surface area contributed by atoms with Crippen LogP contribution in [0.5, 0.6) is 0 Å². The van der Waals surface area contributed by atoms with Gasteiger partial charge >= 0.3 is 0 Å². The standard InChI is InChI=1S/C10H15N3O3S/c1-2-12-8-3-5-9(6-4-8)17(15,16)13-7-10(11)14/h3-6,12-13H,2,7H2,1H3,(H2,11,14). The lowest BCUT2D eigenvalue weighted by atomic mass is 10.3. The molecular weight excluding hydrogens is 242 g/mol. The van der Waals surface area contributed by atoms with Gasteiger partial charge in [0.25, 0.3) is 0 Å². The number of benzene rings is 1. The molecule has 7 heteroatoms. The average molecular weight is 257 g/mol. The fourth-order valence-corrected chi connectivity index (χ4v) is 2.20. The molecule has 1 amide bonds. The predicted molar refractivity (Wildman–Crippen MR) is 65.0 cm³/mol. The van der Waals surface area contributed by atoms with Crippen molar-refractivity contribution in [2.75, 3.05) is 18.4 Å². The first kappa shape index (κ1) is 13.5. The van der Waals surface area contributed by atoms with E-state index >= 15 is 0 Å². The smallest absolute Gasteiger partial charge is 0.241 e. The zero-order chi connectivity index (χ0) is 12.9. The zero-order valence-corrected chi connectivity index (χ0v) is 10.3. The van der Waals surface area contributed by atoms with Gasteiger partial charge in [0.1, 0.15) is 0 Å². The largest absolute Gasteiger partial charge is 0.385 e. The van der Waals surface area contributed by atoms with Gasteiger partial charge in [0.2, 0.25) is 15.9 Å². The fourth-order valence-electron chi connectivity index (χ4n) is 1.21. The molecule has 1 aromatic carbocycles. The Hall–Kier alpha value is -1.60. The van der Waals surface area contributed by atoms with Crippen molar-refractivity contribution in [2.45, 2.75) is 11.8 Å². The van der Waals surface area contributed by atoms with Crippen molar-refractivity contribution in [3.63, 3.8) is 0 Å². The second kappa shape index (κ2) is 5.65. The normalized spacial score (nSPS) is 11.1. The van der Waals surface area contributed by atoms with Crippen molar-refractivity contribution in [3.05, 3.63) is 24.3 Å². The van der Waals surface area contributed by atoms with Crippen LogP contribution in [0.15, 0.2) is 29.2 Å². The van der Waals surface area contributed by atoms with E-state index in [1.807, 2.05) is 6.92 Å². The number of hydrogen-bond acceptors (Lipinski definition) is 4. The molecule has 17 heavy (non-hydrogen) atoms. The molecule has 0 unspecified atom stereocenters. The minimum absolute atomic E-state index is 0.0976. The second-order valence-electron chi connectivity index (χ2n) is 3.35. The molecule has 0 radical (unpaired) electrons. The number of anilines is 1. The molecule has 1 rings (SSSR count). The van der Waals surface area contributed by atoms with Crippen molar-refractivity contribution in [1.82, 2.24) is 4.72 Å². The summed E-state index contributed by atoms with van der Waals surface area (Å²) in [7, 11) is -3.67. The summed E-state index contributed by atoms with van der Waals surface area (Å²) < 4.78 is 25.4. The number of rotatable bonds is 6. The molecule has 0 aromatic heterocycles. The van der Waals surface area contributed by atoms with Crippen LogP contribution < -0.4 is 15.8 Å². The maximum atomic E-state index is 11.7. The summed E-state index contributed by atoms with van der Waals surface area (Å²) in [6, 6.07) is 6.23. The summed E-state index contributed by atoms with van der Waals surface area (Å²) in [5.74, 6) is -0.724. The van der Waals surface area contributed by atoms with Gasteiger partial charge in [-0.1, -0.05) is 0 Å². The highest BCUT2D eigenvalue weighted by Gasteiger charge is 2.13. The number of primary amides is 1. The molecule has 0 bridgehead atoms. The van der Waals surface area contributed by atoms with Gasteiger partial charge < -0.3 is 11.1 Å². The SMILES string of the molecule is CCNc1ccc(S(=O)(=O)NCC(N)=O)cc1. The molecule has 4 N–H and O–H groups in total. The maximum Gasteiger partial charge on any atom is 0.241 e. The Morgan fingerprint density at radius 1 is 1.29 bits per heavy atom. The summed E-state index contributed by atoms with van der Waals surface area (Å²) in [5, 5.41) is 3.05. The topological polar surface area (TPSA) is 101 Å². The van der Waals surface area contributed by atoms with E-state index < -0.39 is 22.5 Å². The van der Waals surface area contributed by atoms with Gasteiger partial charge in [0.15, 0.2) is 0 Å². The van der Waals surface area contributed by atoms with Crippen LogP contribution in [0.25, 0.3) is 0 Å². The highest BCUT2D eigenvalue weighted by atomic mass is 32.2. The summed E-state index contributed by atoms with van der Waals surface area (Å²) in [6.07, 6.45) is 0. The van der Waals surface area contributed by atoms with Gasteiger partial charge in [0, 0.05) is 12.2 Å². The van der Waals surface area contributed by atoms with E-state index in [4.69, 9.17) is 5.73 Å². The van der Waals surface area contributed by atoms with Crippen molar-refractivity contribution >= 4 is 21.6 Å². The first-order valence-electron chi connectivity index (χ1n) is 5.07. The van der Waals surface area contributed by atoms with Gasteiger partial charge in [-0.2, -0.15) is 0 Å². The molecule has 0 fully saturated rings. The molecule has 0 aliphatic carbocycles. The van der Waals surface area contributed by atoms with Crippen LogP contribution in [0.4, 0.5) is 5.69 Å². The van der Waals surface area contributed by atoms with Crippen molar-refractivity contribution < 1.29 is 13.2 Å². The lowest BCUT2D eigenvalue weighted by Crippen LogP contribution is -2.33. The molecule has 0 atom stereocenters. The Kier molecular flexibility index (Phi) is 4.47. The number of carbonyl (C=O) groups is 1. The second-order valence-corrected chi connectivity index (χ2v) is 5.11. The van der Waals surface area contributed by atoms with Crippen LogP contribution in [0.1, 0.15) is 6.92 Å².